The zero-order valence-corrected chi connectivity index (χ0v) is 13.2. The molecule has 1 aliphatic carbocycles. The minimum absolute atomic E-state index is 0.0614. The molecule has 22 heavy (non-hydrogen) atoms. The van der Waals surface area contributed by atoms with E-state index in [-0.39, 0.29) is 5.78 Å². The van der Waals surface area contributed by atoms with Crippen LogP contribution in [-0.2, 0) is 16.3 Å². The van der Waals surface area contributed by atoms with Crippen molar-refractivity contribution in [3.8, 4) is 11.1 Å². The highest BCUT2D eigenvalue weighted by Crippen LogP contribution is 2.51. The molecule has 0 bridgehead atoms. The van der Waals surface area contributed by atoms with Crippen LogP contribution < -0.4 is 0 Å². The summed E-state index contributed by atoms with van der Waals surface area (Å²) in [6.45, 7) is 7.74. The molecule has 0 saturated carbocycles. The third kappa shape index (κ3) is 1.40. The summed E-state index contributed by atoms with van der Waals surface area (Å²) in [7, 11) is 0. The van der Waals surface area contributed by atoms with E-state index in [0.717, 1.165) is 38.4 Å². The lowest BCUT2D eigenvalue weighted by Crippen LogP contribution is -2.41. The molecule has 2 aromatic rings. The predicted octanol–water partition coefficient (Wildman–Crippen LogP) is 4.03. The molecule has 2 aliphatic rings. The number of ketones is 1. The number of carbonyl (C=O) groups is 1. The summed E-state index contributed by atoms with van der Waals surface area (Å²) in [5.74, 6) is 0.0614. The molecule has 3 heteroatoms. The van der Waals surface area contributed by atoms with Gasteiger partial charge in [0.1, 0.15) is 0 Å². The smallest absolute Gasteiger partial charge is 0.194 e. The largest absolute Gasteiger partial charge is 0.289 e. The van der Waals surface area contributed by atoms with Crippen molar-refractivity contribution in [3.05, 3.63) is 58.7 Å². The first-order valence-electron chi connectivity index (χ1n) is 7.57. The van der Waals surface area contributed by atoms with Crippen molar-refractivity contribution in [2.45, 2.75) is 38.8 Å². The van der Waals surface area contributed by atoms with Gasteiger partial charge in [-0.05, 0) is 62.1 Å². The van der Waals surface area contributed by atoms with Crippen LogP contribution in [0.3, 0.4) is 0 Å². The Hall–Kier alpha value is -1.97. The van der Waals surface area contributed by atoms with E-state index in [1.54, 1.807) is 0 Å². The molecule has 0 spiro atoms. The maximum atomic E-state index is 12.7. The highest BCUT2D eigenvalue weighted by atomic mass is 16.5. The Labute approximate surface area is 130 Å². The number of rotatable bonds is 0. The summed E-state index contributed by atoms with van der Waals surface area (Å²) in [6, 6.07) is 11.7. The van der Waals surface area contributed by atoms with Crippen molar-refractivity contribution in [1.29, 1.82) is 0 Å². The van der Waals surface area contributed by atoms with Crippen LogP contribution in [0.15, 0.2) is 36.4 Å². The van der Waals surface area contributed by atoms with Gasteiger partial charge < -0.3 is 0 Å². The van der Waals surface area contributed by atoms with Gasteiger partial charge in [-0.15, -0.1) is 10.3 Å². The lowest BCUT2D eigenvalue weighted by Gasteiger charge is -2.32. The van der Waals surface area contributed by atoms with Crippen LogP contribution >= 0.6 is 0 Å². The van der Waals surface area contributed by atoms with E-state index >= 15 is 0 Å². The molecule has 1 heterocycles. The van der Waals surface area contributed by atoms with Gasteiger partial charge in [-0.25, -0.2) is 0 Å². The lowest BCUT2D eigenvalue weighted by molar-refractivity contribution is -0.266. The Balaban J connectivity index is 2.05. The van der Waals surface area contributed by atoms with Gasteiger partial charge in [0, 0.05) is 11.1 Å². The molecule has 1 aliphatic heterocycles. The van der Waals surface area contributed by atoms with Crippen LogP contribution in [0, 0.1) is 0 Å². The molecule has 0 amide bonds. The van der Waals surface area contributed by atoms with Gasteiger partial charge in [0.25, 0.3) is 0 Å². The van der Waals surface area contributed by atoms with E-state index < -0.39 is 11.1 Å². The van der Waals surface area contributed by atoms with Gasteiger partial charge in [-0.1, -0.05) is 24.3 Å². The summed E-state index contributed by atoms with van der Waals surface area (Å²) in [6.07, 6.45) is 0. The molecular formula is C19H18NO2. The number of hydroxylamine groups is 2. The van der Waals surface area contributed by atoms with E-state index in [2.05, 4.69) is 0 Å². The molecule has 0 N–H and O–H groups in total. The van der Waals surface area contributed by atoms with Crippen molar-refractivity contribution < 1.29 is 10.0 Å². The van der Waals surface area contributed by atoms with Crippen LogP contribution in [0.25, 0.3) is 11.1 Å². The second kappa shape index (κ2) is 3.86. The minimum atomic E-state index is -0.622. The Kier molecular flexibility index (Phi) is 2.40. The highest BCUT2D eigenvalue weighted by Gasteiger charge is 2.51. The van der Waals surface area contributed by atoms with Crippen molar-refractivity contribution >= 4 is 5.78 Å². The fourth-order valence-corrected chi connectivity index (χ4v) is 4.00. The number of nitrogens with zero attached hydrogens (tertiary/aromatic N) is 1. The predicted molar refractivity (Wildman–Crippen MR) is 83.9 cm³/mol. The third-order valence-corrected chi connectivity index (χ3v) is 5.20. The van der Waals surface area contributed by atoms with E-state index in [9.17, 15) is 10.0 Å². The van der Waals surface area contributed by atoms with Crippen LogP contribution in [-0.4, -0.2) is 10.8 Å². The average Bonchev–Trinajstić information content (AvgIpc) is 2.84. The van der Waals surface area contributed by atoms with E-state index in [4.69, 9.17) is 0 Å². The van der Waals surface area contributed by atoms with Gasteiger partial charge in [0.15, 0.2) is 5.78 Å². The molecule has 111 valence electrons. The zero-order valence-electron chi connectivity index (χ0n) is 13.2. The first-order valence-corrected chi connectivity index (χ1v) is 7.57. The van der Waals surface area contributed by atoms with Gasteiger partial charge in [0.2, 0.25) is 0 Å². The number of hydrogen-bond acceptors (Lipinski definition) is 2. The Morgan fingerprint density at radius 1 is 0.773 bits per heavy atom. The van der Waals surface area contributed by atoms with Crippen molar-refractivity contribution in [1.82, 2.24) is 5.06 Å². The average molecular weight is 292 g/mol. The molecule has 0 saturated heterocycles. The fraction of sp³-hybridized carbons (Fsp3) is 0.316. The summed E-state index contributed by atoms with van der Waals surface area (Å²) < 4.78 is 0. The number of hydrogen-bond donors (Lipinski definition) is 0. The SMILES string of the molecule is CC1(C)c2cc3c(cc2C(C)(C)N1[O])-c1ccccc1C3=O. The third-order valence-electron chi connectivity index (χ3n) is 5.20. The van der Waals surface area contributed by atoms with Gasteiger partial charge >= 0.3 is 0 Å². The first-order chi connectivity index (χ1) is 10.3. The van der Waals surface area contributed by atoms with E-state index in [1.807, 2.05) is 64.1 Å². The van der Waals surface area contributed by atoms with Crippen molar-refractivity contribution in [2.75, 3.05) is 0 Å². The van der Waals surface area contributed by atoms with Crippen LogP contribution in [0.4, 0.5) is 0 Å². The Morgan fingerprint density at radius 2 is 1.27 bits per heavy atom. The molecule has 3 nitrogen and oxygen atoms in total. The zero-order chi connectivity index (χ0) is 15.9. The standard InChI is InChI=1S/C19H18NO2/c1-18(2)15-9-13-11-7-5-6-8-12(11)17(21)14(13)10-16(15)19(3,4)20(18)22/h5-10H,1-4H3. The Morgan fingerprint density at radius 3 is 1.86 bits per heavy atom. The summed E-state index contributed by atoms with van der Waals surface area (Å²) in [4.78, 5) is 12.6. The molecule has 1 radical (unpaired) electrons. The van der Waals surface area contributed by atoms with Crippen molar-refractivity contribution in [2.24, 2.45) is 0 Å². The van der Waals surface area contributed by atoms with Crippen LogP contribution in [0.1, 0.15) is 54.7 Å². The monoisotopic (exact) mass is 292 g/mol. The minimum Gasteiger partial charge on any atom is -0.289 e. The van der Waals surface area contributed by atoms with Crippen molar-refractivity contribution in [3.63, 3.8) is 0 Å². The van der Waals surface area contributed by atoms with Gasteiger partial charge in [-0.3, -0.25) is 4.79 Å². The maximum absolute atomic E-state index is 12.7. The Bertz CT molecular complexity index is 833. The van der Waals surface area contributed by atoms with Crippen LogP contribution in [0.2, 0.25) is 0 Å². The van der Waals surface area contributed by atoms with Gasteiger partial charge in [0.05, 0.1) is 11.1 Å². The molecule has 0 aromatic heterocycles. The number of fused-ring (bicyclic) bond motifs is 4. The molecule has 0 fully saturated rings. The number of carbonyl (C=O) groups excluding carboxylic acids is 1. The molecule has 2 aromatic carbocycles. The maximum Gasteiger partial charge on any atom is 0.194 e. The topological polar surface area (TPSA) is 40.2 Å². The summed E-state index contributed by atoms with van der Waals surface area (Å²) in [5.41, 5.74) is 4.19. The van der Waals surface area contributed by atoms with E-state index in [1.165, 1.54) is 0 Å². The second-order valence-corrected chi connectivity index (χ2v) is 7.23. The highest BCUT2D eigenvalue weighted by molar-refractivity contribution is 6.21. The molecule has 0 atom stereocenters. The molecule has 4 rings (SSSR count). The number of benzene rings is 2. The quantitative estimate of drug-likeness (QED) is 0.627. The normalized spacial score (nSPS) is 20.7. The lowest BCUT2D eigenvalue weighted by atomic mass is 9.87. The molecular weight excluding hydrogens is 274 g/mol. The summed E-state index contributed by atoms with van der Waals surface area (Å²) >= 11 is 0. The molecule has 0 unspecified atom stereocenters. The van der Waals surface area contributed by atoms with E-state index in [0.29, 0.717) is 0 Å². The fourth-order valence-electron chi connectivity index (χ4n) is 4.00. The van der Waals surface area contributed by atoms with Gasteiger partial charge in [-0.2, -0.15) is 0 Å². The second-order valence-electron chi connectivity index (χ2n) is 7.23. The van der Waals surface area contributed by atoms with Crippen LogP contribution in [0.5, 0.6) is 0 Å². The first kappa shape index (κ1) is 13.7. The summed E-state index contributed by atoms with van der Waals surface area (Å²) in [5, 5.41) is 13.8.